The Morgan fingerprint density at radius 2 is 1.64 bits per heavy atom. The first-order valence-electron chi connectivity index (χ1n) is 8.45. The molecule has 2 aromatic carbocycles. The first kappa shape index (κ1) is 19.7. The van der Waals surface area contributed by atoms with Gasteiger partial charge in [-0.25, -0.2) is 4.90 Å². The Balaban J connectivity index is 1.61. The number of carbonyl (C=O) groups excluding carboxylic acids is 2. The molecule has 148 valence electrons. The van der Waals surface area contributed by atoms with E-state index in [0.29, 0.717) is 23.5 Å². The number of imide groups is 1. The maximum atomic E-state index is 12.6. The quantitative estimate of drug-likeness (QED) is 0.760. The molecule has 0 aromatic heterocycles. The number of halogens is 3. The number of nitrogens with two attached hydrogens (primary N) is 1. The van der Waals surface area contributed by atoms with Gasteiger partial charge in [0.15, 0.2) is 6.04 Å². The summed E-state index contributed by atoms with van der Waals surface area (Å²) in [5.41, 5.74) is 1.18. The summed E-state index contributed by atoms with van der Waals surface area (Å²) in [4.78, 5) is 26.0. The molecule has 28 heavy (non-hydrogen) atoms. The Morgan fingerprint density at radius 3 is 2.21 bits per heavy atom. The van der Waals surface area contributed by atoms with Gasteiger partial charge >= 0.3 is 6.36 Å². The van der Waals surface area contributed by atoms with Gasteiger partial charge in [-0.05, 0) is 48.5 Å². The highest BCUT2D eigenvalue weighted by Crippen LogP contribution is 2.25. The first-order chi connectivity index (χ1) is 13.3. The lowest BCUT2D eigenvalue weighted by atomic mass is 10.2. The molecule has 1 fully saturated rings. The number of hydrogen-bond acceptors (Lipinski definition) is 4. The monoisotopic (exact) mass is 395 g/mol. The normalized spacial score (nSPS) is 17.1. The molecule has 0 saturated carbocycles. The molecule has 2 amide bonds. The van der Waals surface area contributed by atoms with Crippen molar-refractivity contribution in [3.63, 3.8) is 0 Å². The molecule has 9 heteroatoms. The lowest BCUT2D eigenvalue weighted by Crippen LogP contribution is -2.90. The van der Waals surface area contributed by atoms with Crippen LogP contribution in [0.25, 0.3) is 0 Å². The van der Waals surface area contributed by atoms with Crippen LogP contribution < -0.4 is 19.7 Å². The van der Waals surface area contributed by atoms with E-state index in [1.165, 1.54) is 31.4 Å². The first-order valence-corrected chi connectivity index (χ1v) is 8.45. The molecule has 2 aromatic rings. The molecule has 0 unspecified atom stereocenters. The molecule has 0 spiro atoms. The fourth-order valence-electron chi connectivity index (χ4n) is 2.95. The van der Waals surface area contributed by atoms with Crippen molar-refractivity contribution < 1.29 is 37.6 Å². The minimum atomic E-state index is -4.74. The van der Waals surface area contributed by atoms with Crippen molar-refractivity contribution in [2.75, 3.05) is 12.0 Å². The van der Waals surface area contributed by atoms with Crippen LogP contribution in [0.1, 0.15) is 12.0 Å². The number of nitrogens with zero attached hydrogens (tertiary/aromatic N) is 1. The number of alkyl halides is 3. The van der Waals surface area contributed by atoms with Crippen LogP contribution in [0.3, 0.4) is 0 Å². The third-order valence-electron chi connectivity index (χ3n) is 4.31. The molecular weight excluding hydrogens is 377 g/mol. The fourth-order valence-corrected chi connectivity index (χ4v) is 2.95. The van der Waals surface area contributed by atoms with Crippen molar-refractivity contribution in [1.82, 2.24) is 0 Å². The summed E-state index contributed by atoms with van der Waals surface area (Å²) >= 11 is 0. The molecule has 1 atom stereocenters. The average Bonchev–Trinajstić information content (AvgIpc) is 2.93. The van der Waals surface area contributed by atoms with Gasteiger partial charge in [0.05, 0.1) is 19.2 Å². The predicted molar refractivity (Wildman–Crippen MR) is 92.6 cm³/mol. The highest BCUT2D eigenvalue weighted by atomic mass is 19.4. The molecular formula is C19H18F3N2O4+. The Hall–Kier alpha value is -3.07. The summed E-state index contributed by atoms with van der Waals surface area (Å²) in [7, 11) is 1.52. The molecule has 1 aliphatic heterocycles. The van der Waals surface area contributed by atoms with Gasteiger partial charge in [0.25, 0.3) is 5.91 Å². The Morgan fingerprint density at radius 1 is 1.04 bits per heavy atom. The third kappa shape index (κ3) is 4.61. The van der Waals surface area contributed by atoms with Gasteiger partial charge in [0.2, 0.25) is 5.91 Å². The molecule has 3 rings (SSSR count). The van der Waals surface area contributed by atoms with E-state index in [1.54, 1.807) is 29.6 Å². The van der Waals surface area contributed by atoms with Crippen LogP contribution in [0, 0.1) is 0 Å². The van der Waals surface area contributed by atoms with Gasteiger partial charge in [-0.2, -0.15) is 0 Å². The SMILES string of the molecule is COc1ccc(N2C(=O)C[C@@H]([NH2+]Cc3ccc(OC(F)(F)F)cc3)C2=O)cc1. The fraction of sp³-hybridized carbons (Fsp3) is 0.263. The van der Waals surface area contributed by atoms with Crippen LogP contribution in [0.4, 0.5) is 18.9 Å². The summed E-state index contributed by atoms with van der Waals surface area (Å²) in [6, 6.07) is 11.4. The number of rotatable bonds is 6. The van der Waals surface area contributed by atoms with Gasteiger partial charge in [0, 0.05) is 5.56 Å². The molecule has 1 saturated heterocycles. The smallest absolute Gasteiger partial charge is 0.497 e. The maximum absolute atomic E-state index is 12.6. The zero-order valence-electron chi connectivity index (χ0n) is 14.9. The van der Waals surface area contributed by atoms with E-state index >= 15 is 0 Å². The topological polar surface area (TPSA) is 72.4 Å². The molecule has 0 aliphatic carbocycles. The second-order valence-corrected chi connectivity index (χ2v) is 6.21. The summed E-state index contributed by atoms with van der Waals surface area (Å²) in [6.45, 7) is 0.340. The van der Waals surface area contributed by atoms with Crippen molar-refractivity contribution in [2.45, 2.75) is 25.4 Å². The number of amides is 2. The van der Waals surface area contributed by atoms with Crippen LogP contribution in [0.15, 0.2) is 48.5 Å². The number of methoxy groups -OCH3 is 1. The molecule has 0 radical (unpaired) electrons. The van der Waals surface area contributed by atoms with E-state index in [0.717, 1.165) is 4.90 Å². The van der Waals surface area contributed by atoms with Crippen molar-refractivity contribution in [3.05, 3.63) is 54.1 Å². The van der Waals surface area contributed by atoms with Crippen LogP contribution in [-0.4, -0.2) is 31.3 Å². The zero-order chi connectivity index (χ0) is 20.3. The van der Waals surface area contributed by atoms with E-state index in [-0.39, 0.29) is 24.0 Å². The Labute approximate surface area is 158 Å². The van der Waals surface area contributed by atoms with Crippen molar-refractivity contribution >= 4 is 17.5 Å². The van der Waals surface area contributed by atoms with Gasteiger partial charge in [-0.1, -0.05) is 0 Å². The lowest BCUT2D eigenvalue weighted by Gasteiger charge is -2.14. The predicted octanol–water partition coefficient (Wildman–Crippen LogP) is 1.99. The Kier molecular flexibility index (Phi) is 5.55. The largest absolute Gasteiger partial charge is 0.573 e. The minimum absolute atomic E-state index is 0.0557. The van der Waals surface area contributed by atoms with Crippen molar-refractivity contribution in [1.29, 1.82) is 0 Å². The Bertz CT molecular complexity index is 851. The molecule has 1 heterocycles. The van der Waals surface area contributed by atoms with Gasteiger partial charge in [0.1, 0.15) is 18.0 Å². The number of quaternary nitrogens is 1. The maximum Gasteiger partial charge on any atom is 0.573 e. The van der Waals surface area contributed by atoms with E-state index in [9.17, 15) is 22.8 Å². The number of hydrogen-bond donors (Lipinski definition) is 1. The van der Waals surface area contributed by atoms with Gasteiger partial charge < -0.3 is 14.8 Å². The van der Waals surface area contributed by atoms with Gasteiger partial charge in [-0.15, -0.1) is 13.2 Å². The number of ether oxygens (including phenoxy) is 2. The molecule has 2 N–H and O–H groups in total. The van der Waals surface area contributed by atoms with Crippen LogP contribution >= 0.6 is 0 Å². The molecule has 6 nitrogen and oxygen atoms in total. The summed E-state index contributed by atoms with van der Waals surface area (Å²) in [6.07, 6.45) is -4.69. The number of carbonyl (C=O) groups is 2. The third-order valence-corrected chi connectivity index (χ3v) is 4.31. The van der Waals surface area contributed by atoms with E-state index in [1.807, 2.05) is 0 Å². The van der Waals surface area contributed by atoms with Crippen molar-refractivity contribution in [3.8, 4) is 11.5 Å². The van der Waals surface area contributed by atoms with E-state index < -0.39 is 12.4 Å². The van der Waals surface area contributed by atoms with Crippen molar-refractivity contribution in [2.24, 2.45) is 0 Å². The number of benzene rings is 2. The summed E-state index contributed by atoms with van der Waals surface area (Å²) in [5.74, 6) is -0.324. The second-order valence-electron chi connectivity index (χ2n) is 6.21. The molecule has 1 aliphatic rings. The second kappa shape index (κ2) is 7.89. The number of anilines is 1. The summed E-state index contributed by atoms with van der Waals surface area (Å²) < 4.78 is 45.4. The lowest BCUT2D eigenvalue weighted by molar-refractivity contribution is -0.690. The van der Waals surface area contributed by atoms with E-state index in [4.69, 9.17) is 4.74 Å². The summed E-state index contributed by atoms with van der Waals surface area (Å²) in [5, 5.41) is 1.70. The van der Waals surface area contributed by atoms with Gasteiger partial charge in [-0.3, -0.25) is 9.59 Å². The highest BCUT2D eigenvalue weighted by molar-refractivity contribution is 6.21. The zero-order valence-corrected chi connectivity index (χ0v) is 14.9. The average molecular weight is 395 g/mol. The highest BCUT2D eigenvalue weighted by Gasteiger charge is 2.42. The van der Waals surface area contributed by atoms with E-state index in [2.05, 4.69) is 4.74 Å². The van der Waals surface area contributed by atoms with Crippen LogP contribution in [0.5, 0.6) is 11.5 Å². The standard InChI is InChI=1S/C19H17F3N2O4/c1-27-14-8-4-13(5-9-14)24-17(25)10-16(18(24)26)23-11-12-2-6-15(7-3-12)28-19(20,21)22/h2-9,16,23H,10-11H2,1H3/p+1/t16-/m1/s1. The van der Waals surface area contributed by atoms with Crippen LogP contribution in [0.2, 0.25) is 0 Å². The van der Waals surface area contributed by atoms with Crippen LogP contribution in [-0.2, 0) is 16.1 Å². The molecule has 0 bridgehead atoms. The minimum Gasteiger partial charge on any atom is -0.497 e.